The van der Waals surface area contributed by atoms with E-state index in [1.165, 1.54) is 11.1 Å². The van der Waals surface area contributed by atoms with Crippen LogP contribution >= 0.6 is 0 Å². The quantitative estimate of drug-likeness (QED) is 0.609. The lowest BCUT2D eigenvalue weighted by Gasteiger charge is -2.39. The van der Waals surface area contributed by atoms with E-state index in [0.717, 1.165) is 13.0 Å². The van der Waals surface area contributed by atoms with E-state index in [9.17, 15) is 0 Å². The average molecular weight is 234 g/mol. The van der Waals surface area contributed by atoms with Gasteiger partial charge in [-0.3, -0.25) is 11.3 Å². The third kappa shape index (κ3) is 2.51. The van der Waals surface area contributed by atoms with Crippen LogP contribution in [0.25, 0.3) is 0 Å². The van der Waals surface area contributed by atoms with E-state index in [1.54, 1.807) is 0 Å². The maximum absolute atomic E-state index is 5.94. The number of hydrogen-bond donors (Lipinski definition) is 2. The van der Waals surface area contributed by atoms with Crippen LogP contribution in [0.5, 0.6) is 0 Å². The summed E-state index contributed by atoms with van der Waals surface area (Å²) in [5.74, 6) is 5.72. The molecule has 0 aromatic heterocycles. The van der Waals surface area contributed by atoms with Crippen molar-refractivity contribution in [3.63, 3.8) is 0 Å². The lowest BCUT2D eigenvalue weighted by molar-refractivity contribution is -0.0140. The van der Waals surface area contributed by atoms with Crippen molar-refractivity contribution >= 4 is 0 Å². The molecule has 3 N–H and O–H groups in total. The predicted molar refractivity (Wildman–Crippen MR) is 69.4 cm³/mol. The lowest BCUT2D eigenvalue weighted by Crippen LogP contribution is -2.50. The van der Waals surface area contributed by atoms with Crippen LogP contribution in [-0.4, -0.2) is 12.6 Å². The smallest absolute Gasteiger partial charge is 0.0999 e. The number of nitrogens with one attached hydrogen (secondary N) is 1. The summed E-state index contributed by atoms with van der Waals surface area (Å²) in [7, 11) is 0. The highest BCUT2D eigenvalue weighted by Gasteiger charge is 2.35. The second-order valence-corrected chi connectivity index (χ2v) is 5.75. The Morgan fingerprint density at radius 3 is 2.71 bits per heavy atom. The Labute approximate surface area is 103 Å². The highest BCUT2D eigenvalue weighted by molar-refractivity contribution is 5.32. The first kappa shape index (κ1) is 12.6. The van der Waals surface area contributed by atoms with Crippen LogP contribution in [0.3, 0.4) is 0 Å². The number of benzene rings is 1. The van der Waals surface area contributed by atoms with Gasteiger partial charge in [-0.1, -0.05) is 45.0 Å². The molecule has 0 radical (unpaired) electrons. The minimum Gasteiger partial charge on any atom is -0.371 e. The molecule has 17 heavy (non-hydrogen) atoms. The summed E-state index contributed by atoms with van der Waals surface area (Å²) in [4.78, 5) is 0. The average Bonchev–Trinajstić information content (AvgIpc) is 2.28. The standard InChI is InChI=1S/C14H22N2O/c1-14(2,3)13(16-15)12-11-7-5-4-6-10(11)8-9-17-12/h4-7,12-13,16H,8-9,15H2,1-3H3. The molecule has 3 nitrogen and oxygen atoms in total. The molecule has 0 spiro atoms. The Bertz CT molecular complexity index is 384. The number of fused-ring (bicyclic) bond motifs is 1. The highest BCUT2D eigenvalue weighted by atomic mass is 16.5. The Hall–Kier alpha value is -0.900. The Morgan fingerprint density at radius 1 is 1.35 bits per heavy atom. The van der Waals surface area contributed by atoms with Crippen molar-refractivity contribution in [1.29, 1.82) is 0 Å². The summed E-state index contributed by atoms with van der Waals surface area (Å²) in [6.45, 7) is 7.31. The van der Waals surface area contributed by atoms with Crippen LogP contribution in [0.15, 0.2) is 24.3 Å². The van der Waals surface area contributed by atoms with E-state index < -0.39 is 0 Å². The fourth-order valence-corrected chi connectivity index (χ4v) is 2.49. The van der Waals surface area contributed by atoms with Gasteiger partial charge in [0.1, 0.15) is 0 Å². The summed E-state index contributed by atoms with van der Waals surface area (Å²) < 4.78 is 5.94. The molecule has 2 rings (SSSR count). The van der Waals surface area contributed by atoms with E-state index in [2.05, 4.69) is 50.5 Å². The van der Waals surface area contributed by atoms with Gasteiger partial charge >= 0.3 is 0 Å². The summed E-state index contributed by atoms with van der Waals surface area (Å²) in [5, 5.41) is 0. The number of nitrogens with two attached hydrogens (primary N) is 1. The molecule has 1 aliphatic rings. The van der Waals surface area contributed by atoms with E-state index in [-0.39, 0.29) is 17.6 Å². The van der Waals surface area contributed by atoms with Gasteiger partial charge < -0.3 is 4.74 Å². The van der Waals surface area contributed by atoms with Gasteiger partial charge in [-0.05, 0) is 23.0 Å². The molecule has 0 saturated heterocycles. The molecule has 1 aromatic carbocycles. The van der Waals surface area contributed by atoms with Crippen molar-refractivity contribution < 1.29 is 4.74 Å². The zero-order chi connectivity index (χ0) is 12.5. The zero-order valence-corrected chi connectivity index (χ0v) is 10.9. The molecule has 94 valence electrons. The van der Waals surface area contributed by atoms with Gasteiger partial charge in [0.25, 0.3) is 0 Å². The molecule has 1 aromatic rings. The van der Waals surface area contributed by atoms with Crippen molar-refractivity contribution in [3.05, 3.63) is 35.4 Å². The molecular formula is C14H22N2O. The van der Waals surface area contributed by atoms with E-state index in [4.69, 9.17) is 10.6 Å². The van der Waals surface area contributed by atoms with Crippen LogP contribution in [0, 0.1) is 5.41 Å². The molecule has 0 amide bonds. The molecule has 3 heteroatoms. The number of rotatable bonds is 2. The van der Waals surface area contributed by atoms with E-state index in [0.29, 0.717) is 0 Å². The van der Waals surface area contributed by atoms with Crippen LogP contribution in [0.1, 0.15) is 38.0 Å². The second-order valence-electron chi connectivity index (χ2n) is 5.75. The lowest BCUT2D eigenvalue weighted by atomic mass is 9.79. The molecule has 0 aliphatic carbocycles. The molecule has 0 saturated carbocycles. The van der Waals surface area contributed by atoms with Gasteiger partial charge in [0.05, 0.1) is 18.8 Å². The summed E-state index contributed by atoms with van der Waals surface area (Å²) in [6, 6.07) is 8.60. The van der Waals surface area contributed by atoms with E-state index >= 15 is 0 Å². The van der Waals surface area contributed by atoms with Gasteiger partial charge in [-0.25, -0.2) is 0 Å². The van der Waals surface area contributed by atoms with Gasteiger partial charge in [-0.15, -0.1) is 0 Å². The van der Waals surface area contributed by atoms with Crippen molar-refractivity contribution in [2.45, 2.75) is 39.3 Å². The monoisotopic (exact) mass is 234 g/mol. The first-order valence-corrected chi connectivity index (χ1v) is 6.19. The topological polar surface area (TPSA) is 47.3 Å². The molecule has 0 fully saturated rings. The number of hydrazine groups is 1. The zero-order valence-electron chi connectivity index (χ0n) is 10.9. The molecular weight excluding hydrogens is 212 g/mol. The van der Waals surface area contributed by atoms with Crippen molar-refractivity contribution in [3.8, 4) is 0 Å². The molecule has 1 heterocycles. The summed E-state index contributed by atoms with van der Waals surface area (Å²) in [6.07, 6.45) is 1.04. The summed E-state index contributed by atoms with van der Waals surface area (Å²) in [5.41, 5.74) is 5.64. The largest absolute Gasteiger partial charge is 0.371 e. The van der Waals surface area contributed by atoms with Crippen LogP contribution < -0.4 is 11.3 Å². The van der Waals surface area contributed by atoms with Crippen LogP contribution in [-0.2, 0) is 11.2 Å². The third-order valence-corrected chi connectivity index (χ3v) is 3.45. The maximum atomic E-state index is 5.94. The Balaban J connectivity index is 2.34. The van der Waals surface area contributed by atoms with Gasteiger partial charge in [0.2, 0.25) is 0 Å². The maximum Gasteiger partial charge on any atom is 0.0999 e. The molecule has 0 bridgehead atoms. The minimum absolute atomic E-state index is 0.0462. The van der Waals surface area contributed by atoms with Gasteiger partial charge in [0, 0.05) is 0 Å². The first-order valence-electron chi connectivity index (χ1n) is 6.19. The predicted octanol–water partition coefficient (Wildman–Crippen LogP) is 2.18. The minimum atomic E-state index is 0.0462. The Morgan fingerprint density at radius 2 is 2.06 bits per heavy atom. The fourth-order valence-electron chi connectivity index (χ4n) is 2.49. The normalized spacial score (nSPS) is 22.0. The fraction of sp³-hybridized carbons (Fsp3) is 0.571. The van der Waals surface area contributed by atoms with Crippen molar-refractivity contribution in [1.82, 2.24) is 5.43 Å². The van der Waals surface area contributed by atoms with Gasteiger partial charge in [-0.2, -0.15) is 0 Å². The third-order valence-electron chi connectivity index (χ3n) is 3.45. The number of ether oxygens (including phenoxy) is 1. The molecule has 2 unspecified atom stereocenters. The van der Waals surface area contributed by atoms with Gasteiger partial charge in [0.15, 0.2) is 0 Å². The summed E-state index contributed by atoms with van der Waals surface area (Å²) >= 11 is 0. The Kier molecular flexibility index (Phi) is 3.52. The molecule has 2 atom stereocenters. The molecule has 1 aliphatic heterocycles. The highest BCUT2D eigenvalue weighted by Crippen LogP contribution is 2.36. The van der Waals surface area contributed by atoms with Crippen molar-refractivity contribution in [2.75, 3.05) is 6.61 Å². The van der Waals surface area contributed by atoms with Crippen molar-refractivity contribution in [2.24, 2.45) is 11.3 Å². The second kappa shape index (κ2) is 4.77. The van der Waals surface area contributed by atoms with Crippen LogP contribution in [0.4, 0.5) is 0 Å². The SMILES string of the molecule is CC(C)(C)C(NN)C1OCCc2ccccc21. The van der Waals surface area contributed by atoms with E-state index in [1.807, 2.05) is 0 Å². The first-order chi connectivity index (χ1) is 8.04. The number of hydrogen-bond acceptors (Lipinski definition) is 3. The van der Waals surface area contributed by atoms with Crippen LogP contribution in [0.2, 0.25) is 0 Å².